The van der Waals surface area contributed by atoms with Crippen LogP contribution in [0.4, 0.5) is 5.69 Å². The third kappa shape index (κ3) is 8.49. The van der Waals surface area contributed by atoms with E-state index in [-0.39, 0.29) is 23.8 Å². The molecule has 0 aliphatic carbocycles. The van der Waals surface area contributed by atoms with Crippen molar-refractivity contribution in [3.8, 4) is 0 Å². The Labute approximate surface area is 265 Å². The Kier molecular flexibility index (Phi) is 10.5. The number of sulfonamides is 1. The predicted octanol–water partition coefficient (Wildman–Crippen LogP) is 6.40. The van der Waals surface area contributed by atoms with Crippen LogP contribution in [0.25, 0.3) is 0 Å². The summed E-state index contributed by atoms with van der Waals surface area (Å²) in [5, 5.41) is 3.46. The van der Waals surface area contributed by atoms with Crippen LogP contribution in [-0.2, 0) is 32.6 Å². The first-order chi connectivity index (χ1) is 20.8. The number of benzene rings is 4. The molecule has 0 heterocycles. The second kappa shape index (κ2) is 14.1. The number of halogens is 1. The highest BCUT2D eigenvalue weighted by molar-refractivity contribution is 7.92. The van der Waals surface area contributed by atoms with E-state index in [2.05, 4.69) is 5.32 Å². The van der Waals surface area contributed by atoms with E-state index in [0.29, 0.717) is 16.3 Å². The molecule has 0 saturated carbocycles. The number of hydrogen-bond donors (Lipinski definition) is 1. The molecular formula is C35H38ClN3O4S. The third-order valence-electron chi connectivity index (χ3n) is 6.97. The number of amides is 2. The molecule has 230 valence electrons. The molecular weight excluding hydrogens is 594 g/mol. The first-order valence-corrected chi connectivity index (χ1v) is 16.2. The predicted molar refractivity (Wildman–Crippen MR) is 176 cm³/mol. The molecule has 0 radical (unpaired) electrons. The summed E-state index contributed by atoms with van der Waals surface area (Å²) in [5.41, 5.74) is 2.10. The highest BCUT2D eigenvalue weighted by Gasteiger charge is 2.35. The van der Waals surface area contributed by atoms with Crippen LogP contribution in [0.2, 0.25) is 5.02 Å². The van der Waals surface area contributed by atoms with Crippen molar-refractivity contribution in [2.75, 3.05) is 10.8 Å². The van der Waals surface area contributed by atoms with Gasteiger partial charge in [-0.1, -0.05) is 90.5 Å². The fourth-order valence-corrected chi connectivity index (χ4v) is 6.47. The Morgan fingerprint density at radius 1 is 0.841 bits per heavy atom. The number of nitrogens with one attached hydrogen (secondary N) is 1. The lowest BCUT2D eigenvalue weighted by Crippen LogP contribution is -2.56. The van der Waals surface area contributed by atoms with Gasteiger partial charge in [0, 0.05) is 23.5 Å². The summed E-state index contributed by atoms with van der Waals surface area (Å²) in [4.78, 5) is 29.9. The minimum atomic E-state index is -4.15. The van der Waals surface area contributed by atoms with Gasteiger partial charge in [0.1, 0.15) is 12.6 Å². The lowest BCUT2D eigenvalue weighted by Gasteiger charge is -2.35. The number of nitrogens with zero attached hydrogens (tertiary/aromatic N) is 2. The van der Waals surface area contributed by atoms with Crippen LogP contribution in [0.15, 0.2) is 114 Å². The van der Waals surface area contributed by atoms with Crippen LogP contribution in [-0.4, -0.2) is 43.3 Å². The molecule has 0 spiro atoms. The van der Waals surface area contributed by atoms with Crippen molar-refractivity contribution in [1.29, 1.82) is 0 Å². The van der Waals surface area contributed by atoms with E-state index < -0.39 is 34.1 Å². The Hall–Kier alpha value is -4.14. The quantitative estimate of drug-likeness (QED) is 0.208. The van der Waals surface area contributed by atoms with Gasteiger partial charge in [-0.2, -0.15) is 0 Å². The molecule has 0 fully saturated rings. The monoisotopic (exact) mass is 631 g/mol. The first-order valence-electron chi connectivity index (χ1n) is 14.4. The third-order valence-corrected chi connectivity index (χ3v) is 9.12. The molecule has 0 aromatic heterocycles. The Morgan fingerprint density at radius 2 is 1.45 bits per heavy atom. The van der Waals surface area contributed by atoms with Crippen molar-refractivity contribution in [3.63, 3.8) is 0 Å². The van der Waals surface area contributed by atoms with Gasteiger partial charge in [-0.05, 0) is 74.7 Å². The maximum absolute atomic E-state index is 14.5. The number of aryl methyl sites for hydroxylation is 1. The van der Waals surface area contributed by atoms with Gasteiger partial charge in [0.2, 0.25) is 11.8 Å². The zero-order valence-electron chi connectivity index (χ0n) is 25.4. The molecule has 4 rings (SSSR count). The van der Waals surface area contributed by atoms with E-state index >= 15 is 0 Å². The Morgan fingerprint density at radius 3 is 2.07 bits per heavy atom. The largest absolute Gasteiger partial charge is 0.350 e. The van der Waals surface area contributed by atoms with Crippen molar-refractivity contribution in [2.45, 2.75) is 57.1 Å². The van der Waals surface area contributed by atoms with Gasteiger partial charge in [-0.15, -0.1) is 0 Å². The van der Waals surface area contributed by atoms with Gasteiger partial charge < -0.3 is 10.2 Å². The molecule has 0 unspecified atom stereocenters. The lowest BCUT2D eigenvalue weighted by atomic mass is 10.0. The van der Waals surface area contributed by atoms with E-state index in [9.17, 15) is 18.0 Å². The number of hydrogen-bond acceptors (Lipinski definition) is 4. The van der Waals surface area contributed by atoms with Crippen LogP contribution in [0.5, 0.6) is 0 Å². The number of carbonyl (C=O) groups is 2. The number of anilines is 1. The minimum Gasteiger partial charge on any atom is -0.350 e. The molecule has 44 heavy (non-hydrogen) atoms. The number of rotatable bonds is 11. The molecule has 4 aromatic carbocycles. The van der Waals surface area contributed by atoms with Crippen LogP contribution in [0, 0.1) is 6.92 Å². The molecule has 0 aliphatic rings. The zero-order valence-corrected chi connectivity index (χ0v) is 27.0. The van der Waals surface area contributed by atoms with Crippen LogP contribution in [0.3, 0.4) is 0 Å². The summed E-state index contributed by atoms with van der Waals surface area (Å²) >= 11 is 6.55. The maximum Gasteiger partial charge on any atom is 0.264 e. The van der Waals surface area contributed by atoms with E-state index in [4.69, 9.17) is 11.6 Å². The molecule has 0 saturated heterocycles. The van der Waals surface area contributed by atoms with Crippen LogP contribution >= 0.6 is 11.6 Å². The number of carbonyl (C=O) groups excluding carboxylic acids is 2. The van der Waals surface area contributed by atoms with Gasteiger partial charge in [0.15, 0.2) is 0 Å². The normalized spacial score (nSPS) is 12.3. The molecule has 7 nitrogen and oxygen atoms in total. The van der Waals surface area contributed by atoms with Gasteiger partial charge >= 0.3 is 0 Å². The van der Waals surface area contributed by atoms with Crippen molar-refractivity contribution < 1.29 is 18.0 Å². The molecule has 0 bridgehead atoms. The lowest BCUT2D eigenvalue weighted by molar-refractivity contribution is -0.140. The molecule has 4 aromatic rings. The summed E-state index contributed by atoms with van der Waals surface area (Å²) in [6.45, 7) is 6.94. The Bertz CT molecular complexity index is 1690. The summed E-state index contributed by atoms with van der Waals surface area (Å²) in [6.07, 6.45) is 0.217. The highest BCUT2D eigenvalue weighted by Crippen LogP contribution is 2.27. The van der Waals surface area contributed by atoms with E-state index in [1.165, 1.54) is 17.0 Å². The molecule has 0 aliphatic heterocycles. The molecule has 1 atom stereocenters. The fraction of sp³-hybridized carbons (Fsp3) is 0.257. The highest BCUT2D eigenvalue weighted by atomic mass is 35.5. The second-order valence-electron chi connectivity index (χ2n) is 11.7. The first kappa shape index (κ1) is 32.8. The second-order valence-corrected chi connectivity index (χ2v) is 14.0. The van der Waals surface area contributed by atoms with Gasteiger partial charge in [0.25, 0.3) is 10.0 Å². The molecule has 1 N–H and O–H groups in total. The van der Waals surface area contributed by atoms with Crippen molar-refractivity contribution >= 4 is 39.1 Å². The molecule has 2 amide bonds. The van der Waals surface area contributed by atoms with Crippen LogP contribution in [0.1, 0.15) is 37.5 Å². The van der Waals surface area contributed by atoms with Gasteiger partial charge in [0.05, 0.1) is 10.6 Å². The summed E-state index contributed by atoms with van der Waals surface area (Å²) in [6, 6.07) is 30.6. The van der Waals surface area contributed by atoms with Crippen molar-refractivity contribution in [3.05, 3.63) is 131 Å². The van der Waals surface area contributed by atoms with Crippen molar-refractivity contribution in [1.82, 2.24) is 10.2 Å². The average Bonchev–Trinajstić information content (AvgIpc) is 2.98. The van der Waals surface area contributed by atoms with Gasteiger partial charge in [-0.25, -0.2) is 8.42 Å². The van der Waals surface area contributed by atoms with E-state index in [0.717, 1.165) is 15.4 Å². The maximum atomic E-state index is 14.5. The van der Waals surface area contributed by atoms with E-state index in [1.54, 1.807) is 54.6 Å². The average molecular weight is 632 g/mol. The summed E-state index contributed by atoms with van der Waals surface area (Å²) in [5.74, 6) is -0.897. The smallest absolute Gasteiger partial charge is 0.264 e. The Balaban J connectivity index is 1.82. The summed E-state index contributed by atoms with van der Waals surface area (Å²) < 4.78 is 29.2. The van der Waals surface area contributed by atoms with E-state index in [1.807, 2.05) is 70.2 Å². The zero-order chi connectivity index (χ0) is 31.9. The minimum absolute atomic E-state index is 0.000607. The van der Waals surface area contributed by atoms with Gasteiger partial charge in [-0.3, -0.25) is 13.9 Å². The van der Waals surface area contributed by atoms with Crippen LogP contribution < -0.4 is 9.62 Å². The standard InChI is InChI=1S/C35H38ClN3O4S/c1-26-14-13-18-29(22-26)39(44(42,43)30-19-9-6-10-20-30)25-33(40)38(24-28-17-11-12-21-31(28)36)32(34(41)37-35(2,3)4)23-27-15-7-5-8-16-27/h5-22,32H,23-25H2,1-4H3,(H,37,41)/t32-/m1/s1. The fourth-order valence-electron chi connectivity index (χ4n) is 4.85. The summed E-state index contributed by atoms with van der Waals surface area (Å²) in [7, 11) is -4.15. The SMILES string of the molecule is Cc1cccc(N(CC(=O)N(Cc2ccccc2Cl)[C@H](Cc2ccccc2)C(=O)NC(C)(C)C)S(=O)(=O)c2ccccc2)c1. The van der Waals surface area contributed by atoms with Crippen molar-refractivity contribution in [2.24, 2.45) is 0 Å². The molecule has 9 heteroatoms. The topological polar surface area (TPSA) is 86.8 Å².